The van der Waals surface area contributed by atoms with Gasteiger partial charge in [-0.05, 0) is 114 Å². The molecule has 2 atom stereocenters. The third kappa shape index (κ3) is 6.01. The molecule has 8 aromatic rings. The molecule has 1 nitrogen and oxygen atoms in total. The van der Waals surface area contributed by atoms with Crippen molar-refractivity contribution in [3.63, 3.8) is 0 Å². The van der Waals surface area contributed by atoms with E-state index in [1.54, 1.807) is 0 Å². The van der Waals surface area contributed by atoms with Crippen LogP contribution in [-0.4, -0.2) is 5.71 Å². The zero-order valence-corrected chi connectivity index (χ0v) is 31.9. The second-order valence-corrected chi connectivity index (χ2v) is 15.5. The Hall–Kier alpha value is -6.57. The molecule has 268 valence electrons. The Morgan fingerprint density at radius 2 is 1.18 bits per heavy atom. The molecule has 56 heavy (non-hydrogen) atoms. The van der Waals surface area contributed by atoms with Gasteiger partial charge in [-0.2, -0.15) is 0 Å². The lowest BCUT2D eigenvalue weighted by Crippen LogP contribution is -2.21. The van der Waals surface area contributed by atoms with Crippen LogP contribution in [0.25, 0.3) is 54.6 Å². The van der Waals surface area contributed by atoms with E-state index in [4.69, 9.17) is 4.99 Å². The first kappa shape index (κ1) is 34.0. The molecule has 0 aromatic heterocycles. The average molecular weight is 718 g/mol. The quantitative estimate of drug-likeness (QED) is 0.156. The van der Waals surface area contributed by atoms with Crippen LogP contribution in [0.4, 0.5) is 5.69 Å². The van der Waals surface area contributed by atoms with Gasteiger partial charge in [-0.15, -0.1) is 0 Å². The molecule has 0 radical (unpaired) electrons. The number of allylic oxidation sites excluding steroid dienone is 6. The third-order valence-corrected chi connectivity index (χ3v) is 12.0. The number of aliphatic imine (C=N–C) groups is 1. The van der Waals surface area contributed by atoms with Crippen molar-refractivity contribution in [3.8, 4) is 22.3 Å². The number of hydrogen-bond donors (Lipinski definition) is 0. The summed E-state index contributed by atoms with van der Waals surface area (Å²) in [5.74, 6) is 0.421. The molecule has 0 saturated carbocycles. The first-order chi connectivity index (χ1) is 27.6. The van der Waals surface area contributed by atoms with Crippen molar-refractivity contribution < 1.29 is 0 Å². The SMILES string of the molecule is Cc1ccccc1C(C)/C=C(\Cc1ccccc1)C1=CC2Cc3c(c(-c4cccc5ccccc45)c4ccccc4c3-c3cccc4ccccc34)N=C2C=C1. The predicted octanol–water partition coefficient (Wildman–Crippen LogP) is 14.5. The molecule has 1 heteroatoms. The molecule has 0 bridgehead atoms. The number of nitrogens with zero attached hydrogens (tertiary/aromatic N) is 1. The summed E-state index contributed by atoms with van der Waals surface area (Å²) in [5, 5.41) is 7.53. The summed E-state index contributed by atoms with van der Waals surface area (Å²) in [6.07, 6.45) is 11.4. The van der Waals surface area contributed by atoms with Gasteiger partial charge >= 0.3 is 0 Å². The van der Waals surface area contributed by atoms with Crippen LogP contribution >= 0.6 is 0 Å². The van der Waals surface area contributed by atoms with Gasteiger partial charge in [0.25, 0.3) is 0 Å². The minimum atomic E-state index is 0.144. The maximum Gasteiger partial charge on any atom is 0.0756 e. The summed E-state index contributed by atoms with van der Waals surface area (Å²) in [7, 11) is 0. The van der Waals surface area contributed by atoms with Crippen molar-refractivity contribution in [2.45, 2.75) is 32.6 Å². The monoisotopic (exact) mass is 717 g/mol. The molecule has 8 aromatic carbocycles. The summed E-state index contributed by atoms with van der Waals surface area (Å²) >= 11 is 0. The van der Waals surface area contributed by atoms with E-state index in [2.05, 4.69) is 202 Å². The highest BCUT2D eigenvalue weighted by molar-refractivity contribution is 6.19. The van der Waals surface area contributed by atoms with Gasteiger partial charge in [0.15, 0.2) is 0 Å². The van der Waals surface area contributed by atoms with Crippen LogP contribution in [0.3, 0.4) is 0 Å². The molecule has 1 aliphatic carbocycles. The second-order valence-electron chi connectivity index (χ2n) is 15.5. The number of benzene rings is 8. The maximum atomic E-state index is 5.73. The smallest absolute Gasteiger partial charge is 0.0756 e. The molecule has 0 amide bonds. The lowest BCUT2D eigenvalue weighted by molar-refractivity contribution is 0.826. The van der Waals surface area contributed by atoms with Crippen molar-refractivity contribution in [2.75, 3.05) is 0 Å². The zero-order valence-electron chi connectivity index (χ0n) is 31.9. The number of fused-ring (bicyclic) bond motifs is 5. The van der Waals surface area contributed by atoms with E-state index in [9.17, 15) is 0 Å². The van der Waals surface area contributed by atoms with Crippen molar-refractivity contribution >= 4 is 43.7 Å². The van der Waals surface area contributed by atoms with Crippen LogP contribution in [0, 0.1) is 12.8 Å². The highest BCUT2D eigenvalue weighted by atomic mass is 14.8. The van der Waals surface area contributed by atoms with Crippen molar-refractivity contribution in [2.24, 2.45) is 10.9 Å². The van der Waals surface area contributed by atoms with Gasteiger partial charge in [0.1, 0.15) is 0 Å². The van der Waals surface area contributed by atoms with E-state index < -0.39 is 0 Å². The fraction of sp³-hybridized carbons (Fsp3) is 0.109. The first-order valence-electron chi connectivity index (χ1n) is 19.9. The van der Waals surface area contributed by atoms with E-state index in [-0.39, 0.29) is 11.8 Å². The van der Waals surface area contributed by atoms with E-state index in [0.717, 1.165) is 24.2 Å². The molecule has 0 fully saturated rings. The Balaban J connectivity index is 1.19. The van der Waals surface area contributed by atoms with E-state index in [0.29, 0.717) is 0 Å². The largest absolute Gasteiger partial charge is 0.252 e. The Morgan fingerprint density at radius 1 is 0.607 bits per heavy atom. The minimum absolute atomic E-state index is 0.144. The molecule has 10 rings (SSSR count). The fourth-order valence-corrected chi connectivity index (χ4v) is 9.33. The van der Waals surface area contributed by atoms with Crippen LogP contribution in [0.1, 0.15) is 35.1 Å². The van der Waals surface area contributed by atoms with Gasteiger partial charge in [-0.3, -0.25) is 4.99 Å². The van der Waals surface area contributed by atoms with Crippen molar-refractivity contribution in [3.05, 3.63) is 221 Å². The number of hydrogen-bond acceptors (Lipinski definition) is 1. The summed E-state index contributed by atoms with van der Waals surface area (Å²) < 4.78 is 0. The van der Waals surface area contributed by atoms with Crippen LogP contribution in [0.5, 0.6) is 0 Å². The lowest BCUT2D eigenvalue weighted by atomic mass is 9.77. The van der Waals surface area contributed by atoms with E-state index >= 15 is 0 Å². The maximum absolute atomic E-state index is 5.73. The Morgan fingerprint density at radius 3 is 1.88 bits per heavy atom. The van der Waals surface area contributed by atoms with Crippen LogP contribution < -0.4 is 0 Å². The Labute approximate surface area is 329 Å². The topological polar surface area (TPSA) is 12.4 Å². The molecule has 2 unspecified atom stereocenters. The number of aryl methyl sites for hydroxylation is 1. The van der Waals surface area contributed by atoms with Gasteiger partial charge in [-0.25, -0.2) is 0 Å². The van der Waals surface area contributed by atoms with Gasteiger partial charge in [-0.1, -0.05) is 189 Å². The van der Waals surface area contributed by atoms with Gasteiger partial charge in [0.2, 0.25) is 0 Å². The Bertz CT molecular complexity index is 2930. The van der Waals surface area contributed by atoms with Gasteiger partial charge in [0, 0.05) is 17.2 Å². The van der Waals surface area contributed by atoms with Gasteiger partial charge < -0.3 is 0 Å². The standard InChI is InChI=1S/C55H43N/c1-36-16-6-9-23-44(36)37(2)32-42(33-38-17-4-3-5-18-38)41-30-31-52-43(34-41)35-51-53(47-28-14-21-39-19-7-10-24-45(39)47)49-26-12-13-27-50(49)54(55(51)56-52)48-29-15-22-40-20-8-11-25-46(40)48/h3-32,34,37,43H,33,35H2,1-2H3/b42-32+. The summed E-state index contributed by atoms with van der Waals surface area (Å²) in [4.78, 5) is 5.73. The van der Waals surface area contributed by atoms with Crippen LogP contribution in [-0.2, 0) is 12.8 Å². The molecule has 0 saturated heterocycles. The molecular formula is C55H43N. The normalized spacial score (nSPS) is 15.7. The van der Waals surface area contributed by atoms with Gasteiger partial charge in [0.05, 0.1) is 5.69 Å². The van der Waals surface area contributed by atoms with Crippen LogP contribution in [0.15, 0.2) is 204 Å². The summed E-state index contributed by atoms with van der Waals surface area (Å²) in [6.45, 7) is 4.56. The molecule has 1 heterocycles. The highest BCUT2D eigenvalue weighted by Crippen LogP contribution is 2.52. The van der Waals surface area contributed by atoms with Crippen molar-refractivity contribution in [1.29, 1.82) is 0 Å². The highest BCUT2D eigenvalue weighted by Gasteiger charge is 2.31. The average Bonchev–Trinajstić information content (AvgIpc) is 3.24. The summed E-state index contributed by atoms with van der Waals surface area (Å²) in [6, 6.07) is 59.8. The molecular weight excluding hydrogens is 675 g/mol. The zero-order chi connectivity index (χ0) is 37.6. The van der Waals surface area contributed by atoms with Crippen LogP contribution in [0.2, 0.25) is 0 Å². The molecule has 0 N–H and O–H groups in total. The first-order valence-corrected chi connectivity index (χ1v) is 19.9. The predicted molar refractivity (Wildman–Crippen MR) is 239 cm³/mol. The number of rotatable bonds is 7. The minimum Gasteiger partial charge on any atom is -0.252 e. The Kier molecular flexibility index (Phi) is 8.64. The summed E-state index contributed by atoms with van der Waals surface area (Å²) in [5.41, 5.74) is 15.3. The lowest BCUT2D eigenvalue weighted by Gasteiger charge is -2.30. The van der Waals surface area contributed by atoms with E-state index in [1.165, 1.54) is 88.0 Å². The van der Waals surface area contributed by atoms with Crippen molar-refractivity contribution in [1.82, 2.24) is 0 Å². The fourth-order valence-electron chi connectivity index (χ4n) is 9.33. The second kappa shape index (κ2) is 14.3. The molecule has 2 aliphatic rings. The molecule has 0 spiro atoms. The third-order valence-electron chi connectivity index (χ3n) is 12.0. The van der Waals surface area contributed by atoms with E-state index in [1.807, 2.05) is 0 Å². The molecule has 1 aliphatic heterocycles.